The average Bonchev–Trinajstić information content (AvgIpc) is 2.76. The molecule has 1 atom stereocenters. The Hall–Kier alpha value is -0.950. The molecular weight excluding hydrogens is 379 g/mol. The van der Waals surface area contributed by atoms with E-state index in [0.29, 0.717) is 12.1 Å². The number of likely N-dealkylation sites (tertiary alicyclic amines) is 1. The first-order valence-electron chi connectivity index (χ1n) is 7.53. The first kappa shape index (κ1) is 15.0. The van der Waals surface area contributed by atoms with Gasteiger partial charge in [-0.05, 0) is 65.6 Å². The summed E-state index contributed by atoms with van der Waals surface area (Å²) in [6, 6.07) is 7.39. The van der Waals surface area contributed by atoms with Crippen LogP contribution >= 0.6 is 22.6 Å². The topological polar surface area (TPSA) is 41.8 Å². The Morgan fingerprint density at radius 2 is 1.76 bits per heavy atom. The van der Waals surface area contributed by atoms with Crippen LogP contribution in [0.5, 0.6) is 0 Å². The Bertz CT molecular complexity index is 550. The SMILES string of the molecule is CC1CC[NH+]([C@@H]2CC(=O)N(c3ccc(I)cc3)C2=O)CC1. The summed E-state index contributed by atoms with van der Waals surface area (Å²) < 4.78 is 1.10. The molecule has 2 aliphatic heterocycles. The molecule has 1 aromatic carbocycles. The predicted molar refractivity (Wildman–Crippen MR) is 89.2 cm³/mol. The van der Waals surface area contributed by atoms with Crippen LogP contribution in [0.2, 0.25) is 0 Å². The van der Waals surface area contributed by atoms with Gasteiger partial charge in [0.15, 0.2) is 6.04 Å². The smallest absolute Gasteiger partial charge is 0.292 e. The summed E-state index contributed by atoms with van der Waals surface area (Å²) in [6.45, 7) is 4.27. The number of carbonyl (C=O) groups excluding carboxylic acids is 2. The van der Waals surface area contributed by atoms with Gasteiger partial charge in [0.1, 0.15) is 0 Å². The molecule has 5 heteroatoms. The van der Waals surface area contributed by atoms with Crippen molar-refractivity contribution < 1.29 is 14.5 Å². The van der Waals surface area contributed by atoms with Gasteiger partial charge in [0.2, 0.25) is 5.91 Å². The maximum atomic E-state index is 12.7. The summed E-state index contributed by atoms with van der Waals surface area (Å²) in [5, 5.41) is 0. The molecule has 2 heterocycles. The van der Waals surface area contributed by atoms with Gasteiger partial charge in [0.25, 0.3) is 5.91 Å². The van der Waals surface area contributed by atoms with Gasteiger partial charge in [-0.1, -0.05) is 6.92 Å². The van der Waals surface area contributed by atoms with E-state index in [1.165, 1.54) is 9.80 Å². The van der Waals surface area contributed by atoms with Crippen LogP contribution in [0, 0.1) is 9.49 Å². The van der Waals surface area contributed by atoms with Gasteiger partial charge in [-0.2, -0.15) is 0 Å². The van der Waals surface area contributed by atoms with Crippen LogP contribution in [0.4, 0.5) is 5.69 Å². The second-order valence-corrected chi connectivity index (χ2v) is 7.39. The van der Waals surface area contributed by atoms with Crippen LogP contribution in [0.1, 0.15) is 26.2 Å². The Morgan fingerprint density at radius 3 is 2.38 bits per heavy atom. The highest BCUT2D eigenvalue weighted by molar-refractivity contribution is 14.1. The number of hydrogen-bond donors (Lipinski definition) is 1. The van der Waals surface area contributed by atoms with Gasteiger partial charge in [-0.15, -0.1) is 0 Å². The molecule has 0 aromatic heterocycles. The summed E-state index contributed by atoms with van der Waals surface area (Å²) in [7, 11) is 0. The summed E-state index contributed by atoms with van der Waals surface area (Å²) in [5.74, 6) is 0.663. The number of nitrogens with zero attached hydrogens (tertiary/aromatic N) is 1. The maximum absolute atomic E-state index is 12.7. The molecule has 2 aliphatic rings. The van der Waals surface area contributed by atoms with Crippen LogP contribution in [0.15, 0.2) is 24.3 Å². The normalized spacial score (nSPS) is 30.0. The standard InChI is InChI=1S/C16H19IN2O2/c1-11-6-8-18(9-7-11)14-10-15(20)19(16(14)21)13-4-2-12(17)3-5-13/h2-5,11,14H,6-10H2,1H3/p+1/t14-/m1/s1. The number of imide groups is 1. The lowest BCUT2D eigenvalue weighted by Crippen LogP contribution is -3.17. The molecule has 2 fully saturated rings. The molecular formula is C16H20IN2O2+. The monoisotopic (exact) mass is 399 g/mol. The Kier molecular flexibility index (Phi) is 4.31. The highest BCUT2D eigenvalue weighted by Gasteiger charge is 2.46. The molecule has 2 amide bonds. The highest BCUT2D eigenvalue weighted by atomic mass is 127. The lowest BCUT2D eigenvalue weighted by molar-refractivity contribution is -0.920. The van der Waals surface area contributed by atoms with E-state index >= 15 is 0 Å². The van der Waals surface area contributed by atoms with Crippen LogP contribution in [0.3, 0.4) is 0 Å². The van der Waals surface area contributed by atoms with E-state index in [9.17, 15) is 9.59 Å². The third-order valence-electron chi connectivity index (χ3n) is 4.64. The number of amides is 2. The molecule has 112 valence electrons. The fourth-order valence-electron chi connectivity index (χ4n) is 3.29. The van der Waals surface area contributed by atoms with E-state index in [-0.39, 0.29) is 17.9 Å². The molecule has 21 heavy (non-hydrogen) atoms. The van der Waals surface area contributed by atoms with Crippen molar-refractivity contribution >= 4 is 40.1 Å². The first-order chi connectivity index (χ1) is 10.1. The molecule has 2 saturated heterocycles. The summed E-state index contributed by atoms with van der Waals surface area (Å²) in [5.41, 5.74) is 0.706. The van der Waals surface area contributed by atoms with Gasteiger partial charge >= 0.3 is 0 Å². The second kappa shape index (κ2) is 6.04. The van der Waals surface area contributed by atoms with Crippen molar-refractivity contribution in [3.8, 4) is 0 Å². The van der Waals surface area contributed by atoms with E-state index in [2.05, 4.69) is 29.5 Å². The first-order valence-corrected chi connectivity index (χ1v) is 8.61. The van der Waals surface area contributed by atoms with Crippen molar-refractivity contribution in [3.63, 3.8) is 0 Å². The molecule has 0 saturated carbocycles. The van der Waals surface area contributed by atoms with Gasteiger partial charge in [-0.3, -0.25) is 9.59 Å². The zero-order chi connectivity index (χ0) is 15.0. The Balaban J connectivity index is 1.77. The minimum Gasteiger partial charge on any atom is -0.324 e. The van der Waals surface area contributed by atoms with Gasteiger partial charge in [0, 0.05) is 3.57 Å². The number of quaternary nitrogens is 1. The van der Waals surface area contributed by atoms with Crippen LogP contribution < -0.4 is 9.80 Å². The molecule has 0 radical (unpaired) electrons. The largest absolute Gasteiger partial charge is 0.324 e. The van der Waals surface area contributed by atoms with Crippen LogP contribution in [-0.2, 0) is 9.59 Å². The fraction of sp³-hybridized carbons (Fsp3) is 0.500. The highest BCUT2D eigenvalue weighted by Crippen LogP contribution is 2.23. The van der Waals surface area contributed by atoms with Gasteiger partial charge in [0.05, 0.1) is 25.2 Å². The summed E-state index contributed by atoms with van der Waals surface area (Å²) in [4.78, 5) is 27.6. The molecule has 1 aromatic rings. The molecule has 4 nitrogen and oxygen atoms in total. The van der Waals surface area contributed by atoms with Crippen molar-refractivity contribution in [2.24, 2.45) is 5.92 Å². The number of piperidine rings is 1. The second-order valence-electron chi connectivity index (χ2n) is 6.14. The maximum Gasteiger partial charge on any atom is 0.292 e. The number of hydrogen-bond acceptors (Lipinski definition) is 2. The molecule has 0 bridgehead atoms. The van der Waals surface area contributed by atoms with Crippen molar-refractivity contribution in [2.45, 2.75) is 32.2 Å². The minimum absolute atomic E-state index is 0.0224. The van der Waals surface area contributed by atoms with Crippen molar-refractivity contribution in [3.05, 3.63) is 27.8 Å². The lowest BCUT2D eigenvalue weighted by Gasteiger charge is -2.30. The van der Waals surface area contributed by atoms with Gasteiger partial charge in [-0.25, -0.2) is 4.90 Å². The minimum atomic E-state index is -0.177. The van der Waals surface area contributed by atoms with Gasteiger partial charge < -0.3 is 4.90 Å². The number of nitrogens with one attached hydrogen (secondary N) is 1. The number of benzene rings is 1. The molecule has 0 unspecified atom stereocenters. The molecule has 1 N–H and O–H groups in total. The van der Waals surface area contributed by atoms with E-state index in [0.717, 1.165) is 35.4 Å². The number of rotatable bonds is 2. The third-order valence-corrected chi connectivity index (χ3v) is 5.36. The van der Waals surface area contributed by atoms with E-state index in [4.69, 9.17) is 0 Å². The fourth-order valence-corrected chi connectivity index (χ4v) is 3.65. The number of halogens is 1. The van der Waals surface area contributed by atoms with Crippen molar-refractivity contribution in [1.29, 1.82) is 0 Å². The summed E-state index contributed by atoms with van der Waals surface area (Å²) >= 11 is 2.22. The predicted octanol–water partition coefficient (Wildman–Crippen LogP) is 1.24. The van der Waals surface area contributed by atoms with E-state index < -0.39 is 0 Å². The average molecular weight is 399 g/mol. The van der Waals surface area contributed by atoms with E-state index in [1.807, 2.05) is 24.3 Å². The van der Waals surface area contributed by atoms with Crippen molar-refractivity contribution in [2.75, 3.05) is 18.0 Å². The molecule has 0 aliphatic carbocycles. The quantitative estimate of drug-likeness (QED) is 0.601. The number of carbonyl (C=O) groups is 2. The summed E-state index contributed by atoms with van der Waals surface area (Å²) in [6.07, 6.45) is 2.65. The third kappa shape index (κ3) is 2.99. The molecule has 3 rings (SSSR count). The van der Waals surface area contributed by atoms with Crippen LogP contribution in [0.25, 0.3) is 0 Å². The Labute approximate surface area is 138 Å². The van der Waals surface area contributed by atoms with Crippen LogP contribution in [-0.4, -0.2) is 30.9 Å². The lowest BCUT2D eigenvalue weighted by atomic mass is 9.97. The molecule has 0 spiro atoms. The van der Waals surface area contributed by atoms with E-state index in [1.54, 1.807) is 0 Å². The Morgan fingerprint density at radius 1 is 1.14 bits per heavy atom. The zero-order valence-electron chi connectivity index (χ0n) is 12.1. The zero-order valence-corrected chi connectivity index (χ0v) is 14.3. The number of anilines is 1. The van der Waals surface area contributed by atoms with Crippen molar-refractivity contribution in [1.82, 2.24) is 0 Å².